The maximum Gasteiger partial charge on any atom is 0.226 e. The number of anilines is 1. The van der Waals surface area contributed by atoms with Crippen molar-refractivity contribution in [3.63, 3.8) is 0 Å². The fourth-order valence-electron chi connectivity index (χ4n) is 2.83. The molecule has 0 aromatic carbocycles. The number of aryl methyl sites for hydroxylation is 1. The topological polar surface area (TPSA) is 71.2 Å². The first kappa shape index (κ1) is 14.9. The van der Waals surface area contributed by atoms with E-state index in [1.54, 1.807) is 6.20 Å². The molecule has 1 saturated heterocycles. The maximum absolute atomic E-state index is 5.18. The Morgan fingerprint density at radius 3 is 3.09 bits per heavy atom. The Balaban J connectivity index is 1.61. The van der Waals surface area contributed by atoms with E-state index in [1.807, 2.05) is 19.1 Å². The minimum absolute atomic E-state index is 0.458. The molecule has 7 nitrogen and oxygen atoms in total. The summed E-state index contributed by atoms with van der Waals surface area (Å²) in [4.78, 5) is 8.98. The zero-order valence-corrected chi connectivity index (χ0v) is 13.1. The number of likely N-dealkylation sites (N-methyl/N-ethyl adjacent to an activating group) is 1. The summed E-state index contributed by atoms with van der Waals surface area (Å²) in [6.07, 6.45) is 4.81. The molecule has 3 heterocycles. The van der Waals surface area contributed by atoms with E-state index in [0.29, 0.717) is 18.5 Å². The van der Waals surface area contributed by atoms with E-state index in [4.69, 9.17) is 4.52 Å². The van der Waals surface area contributed by atoms with Gasteiger partial charge in [0.1, 0.15) is 0 Å². The van der Waals surface area contributed by atoms with Crippen LogP contribution in [-0.4, -0.2) is 51.4 Å². The fraction of sp³-hybridized carbons (Fsp3) is 0.600. The van der Waals surface area contributed by atoms with Crippen LogP contribution in [0.3, 0.4) is 0 Å². The van der Waals surface area contributed by atoms with Crippen molar-refractivity contribution in [2.24, 2.45) is 0 Å². The zero-order valence-electron chi connectivity index (χ0n) is 13.1. The number of rotatable bonds is 5. The lowest BCUT2D eigenvalue weighted by Gasteiger charge is -2.37. The molecule has 0 radical (unpaired) electrons. The average molecular weight is 302 g/mol. The summed E-state index contributed by atoms with van der Waals surface area (Å²) in [5.41, 5.74) is 0. The smallest absolute Gasteiger partial charge is 0.226 e. The van der Waals surface area contributed by atoms with Gasteiger partial charge in [0, 0.05) is 31.7 Å². The minimum Gasteiger partial charge on any atom is -0.354 e. The van der Waals surface area contributed by atoms with Crippen LogP contribution in [0.4, 0.5) is 5.82 Å². The number of hydrogen-bond donors (Lipinski definition) is 0. The van der Waals surface area contributed by atoms with E-state index >= 15 is 0 Å². The van der Waals surface area contributed by atoms with E-state index in [2.05, 4.69) is 37.2 Å². The molecule has 0 spiro atoms. The molecule has 22 heavy (non-hydrogen) atoms. The molecule has 1 unspecified atom stereocenters. The summed E-state index contributed by atoms with van der Waals surface area (Å²) < 4.78 is 5.18. The molecule has 3 rings (SSSR count). The van der Waals surface area contributed by atoms with Crippen LogP contribution >= 0.6 is 0 Å². The van der Waals surface area contributed by atoms with Gasteiger partial charge in [-0.3, -0.25) is 4.90 Å². The molecule has 0 bridgehead atoms. The third-order valence-electron chi connectivity index (χ3n) is 4.11. The van der Waals surface area contributed by atoms with Crippen molar-refractivity contribution < 1.29 is 4.52 Å². The van der Waals surface area contributed by atoms with Crippen molar-refractivity contribution in [1.29, 1.82) is 0 Å². The first-order valence-corrected chi connectivity index (χ1v) is 7.80. The SMILES string of the molecule is CCc1nc(CN(C)C2CCCN(c3cccnn3)C2)no1. The second-order valence-electron chi connectivity index (χ2n) is 5.70. The van der Waals surface area contributed by atoms with Crippen LogP contribution in [0, 0.1) is 0 Å². The predicted molar refractivity (Wildman–Crippen MR) is 82.4 cm³/mol. The number of nitrogens with zero attached hydrogens (tertiary/aromatic N) is 6. The molecule has 1 aliphatic heterocycles. The van der Waals surface area contributed by atoms with Crippen molar-refractivity contribution >= 4 is 5.82 Å². The quantitative estimate of drug-likeness (QED) is 0.829. The maximum atomic E-state index is 5.18. The number of aromatic nitrogens is 4. The van der Waals surface area contributed by atoms with E-state index < -0.39 is 0 Å². The summed E-state index contributed by atoms with van der Waals surface area (Å²) in [5, 5.41) is 12.2. The first-order valence-electron chi connectivity index (χ1n) is 7.80. The molecular weight excluding hydrogens is 280 g/mol. The second kappa shape index (κ2) is 6.83. The van der Waals surface area contributed by atoms with Crippen molar-refractivity contribution in [2.75, 3.05) is 25.0 Å². The van der Waals surface area contributed by atoms with Gasteiger partial charge in [-0.1, -0.05) is 12.1 Å². The van der Waals surface area contributed by atoms with Crippen LogP contribution in [0.15, 0.2) is 22.9 Å². The monoisotopic (exact) mass is 302 g/mol. The summed E-state index contributed by atoms with van der Waals surface area (Å²) in [7, 11) is 2.12. The summed E-state index contributed by atoms with van der Waals surface area (Å²) in [6.45, 7) is 4.71. The van der Waals surface area contributed by atoms with E-state index in [0.717, 1.165) is 37.6 Å². The minimum atomic E-state index is 0.458. The Bertz CT molecular complexity index is 587. The third kappa shape index (κ3) is 3.41. The molecule has 0 saturated carbocycles. The standard InChI is InChI=1S/C15H22N6O/c1-3-15-17-13(19-22-15)11-20(2)12-6-5-9-21(10-12)14-7-4-8-16-18-14/h4,7-8,12H,3,5-6,9-11H2,1-2H3. The lowest BCUT2D eigenvalue weighted by atomic mass is 10.0. The lowest BCUT2D eigenvalue weighted by molar-refractivity contribution is 0.200. The van der Waals surface area contributed by atoms with Crippen LogP contribution < -0.4 is 4.90 Å². The number of piperidine rings is 1. The fourth-order valence-corrected chi connectivity index (χ4v) is 2.83. The zero-order chi connectivity index (χ0) is 15.4. The molecule has 0 aliphatic carbocycles. The molecular formula is C15H22N6O. The highest BCUT2D eigenvalue weighted by molar-refractivity contribution is 5.37. The molecule has 7 heteroatoms. The van der Waals surface area contributed by atoms with Gasteiger partial charge in [-0.25, -0.2) is 0 Å². The van der Waals surface area contributed by atoms with E-state index in [9.17, 15) is 0 Å². The molecule has 1 aliphatic rings. The molecule has 0 N–H and O–H groups in total. The summed E-state index contributed by atoms with van der Waals surface area (Å²) in [5.74, 6) is 2.41. The Labute approximate surface area is 130 Å². The average Bonchev–Trinajstić information content (AvgIpc) is 3.03. The highest BCUT2D eigenvalue weighted by atomic mass is 16.5. The van der Waals surface area contributed by atoms with Crippen LogP contribution in [0.2, 0.25) is 0 Å². The normalized spacial score (nSPS) is 18.9. The Morgan fingerprint density at radius 1 is 1.45 bits per heavy atom. The van der Waals surface area contributed by atoms with Crippen molar-refractivity contribution in [3.8, 4) is 0 Å². The Morgan fingerprint density at radius 2 is 2.36 bits per heavy atom. The molecule has 2 aromatic heterocycles. The lowest BCUT2D eigenvalue weighted by Crippen LogP contribution is -2.46. The molecule has 2 aromatic rings. The highest BCUT2D eigenvalue weighted by Crippen LogP contribution is 2.20. The molecule has 1 atom stereocenters. The van der Waals surface area contributed by atoms with Gasteiger partial charge in [-0.15, -0.1) is 5.10 Å². The second-order valence-corrected chi connectivity index (χ2v) is 5.70. The molecule has 118 valence electrons. The highest BCUT2D eigenvalue weighted by Gasteiger charge is 2.25. The van der Waals surface area contributed by atoms with Crippen LogP contribution in [0.5, 0.6) is 0 Å². The van der Waals surface area contributed by atoms with E-state index in [-0.39, 0.29) is 0 Å². The van der Waals surface area contributed by atoms with Gasteiger partial charge in [0.25, 0.3) is 0 Å². The predicted octanol–water partition coefficient (Wildman–Crippen LogP) is 1.52. The van der Waals surface area contributed by atoms with Crippen molar-refractivity contribution in [1.82, 2.24) is 25.2 Å². The largest absolute Gasteiger partial charge is 0.354 e. The van der Waals surface area contributed by atoms with Crippen molar-refractivity contribution in [2.45, 2.75) is 38.8 Å². The van der Waals surface area contributed by atoms with Crippen LogP contribution in [0.25, 0.3) is 0 Å². The molecule has 0 amide bonds. The number of hydrogen-bond acceptors (Lipinski definition) is 7. The summed E-state index contributed by atoms with van der Waals surface area (Å²) in [6, 6.07) is 4.41. The Kier molecular flexibility index (Phi) is 4.62. The first-order chi connectivity index (χ1) is 10.8. The van der Waals surface area contributed by atoms with Gasteiger partial charge < -0.3 is 9.42 Å². The van der Waals surface area contributed by atoms with Gasteiger partial charge >= 0.3 is 0 Å². The van der Waals surface area contributed by atoms with Crippen molar-refractivity contribution in [3.05, 3.63) is 30.0 Å². The van der Waals surface area contributed by atoms with Crippen LogP contribution in [0.1, 0.15) is 31.5 Å². The van der Waals surface area contributed by atoms with E-state index in [1.165, 1.54) is 6.42 Å². The van der Waals surface area contributed by atoms with Crippen LogP contribution in [-0.2, 0) is 13.0 Å². The third-order valence-corrected chi connectivity index (χ3v) is 4.11. The Hall–Kier alpha value is -2.02. The van der Waals surface area contributed by atoms with Gasteiger partial charge in [0.15, 0.2) is 11.6 Å². The van der Waals surface area contributed by atoms with Gasteiger partial charge in [-0.05, 0) is 32.0 Å². The summed E-state index contributed by atoms with van der Waals surface area (Å²) >= 11 is 0. The molecule has 1 fully saturated rings. The van der Waals surface area contributed by atoms with Gasteiger partial charge in [0.05, 0.1) is 6.54 Å². The van der Waals surface area contributed by atoms with Gasteiger partial charge in [-0.2, -0.15) is 10.1 Å². The van der Waals surface area contributed by atoms with Gasteiger partial charge in [0.2, 0.25) is 5.89 Å².